The molecule has 0 aromatic heterocycles. The van der Waals surface area contributed by atoms with Gasteiger partial charge in [-0.3, -0.25) is 24.6 Å². The third kappa shape index (κ3) is 5.27. The summed E-state index contributed by atoms with van der Waals surface area (Å²) in [6.07, 6.45) is 2.37. The number of imide groups is 2. The van der Waals surface area contributed by atoms with Gasteiger partial charge in [-0.1, -0.05) is 76.8 Å². The smallest absolute Gasteiger partial charge is 0.260 e. The first-order valence-electron chi connectivity index (χ1n) is 17.7. The van der Waals surface area contributed by atoms with Gasteiger partial charge in [-0.2, -0.15) is 5.01 Å². The van der Waals surface area contributed by atoms with Crippen LogP contribution in [0.15, 0.2) is 84.4 Å². The van der Waals surface area contributed by atoms with Crippen LogP contribution in [0.4, 0.5) is 11.4 Å². The van der Waals surface area contributed by atoms with Crippen LogP contribution in [0, 0.1) is 44.4 Å². The number of methoxy groups -OCH3 is 1. The molecule has 3 fully saturated rings. The maximum atomic E-state index is 15.5. The largest absolute Gasteiger partial charge is 0.507 e. The number of fused-ring (bicyclic) bond motifs is 4. The van der Waals surface area contributed by atoms with E-state index in [1.165, 1.54) is 11.0 Å². The molecule has 2 heterocycles. The second kappa shape index (κ2) is 13.2. The van der Waals surface area contributed by atoms with Crippen LogP contribution in [0.5, 0.6) is 11.5 Å². The number of anilines is 2. The molecule has 4 aliphatic rings. The van der Waals surface area contributed by atoms with Gasteiger partial charge in [-0.05, 0) is 110 Å². The van der Waals surface area contributed by atoms with Crippen molar-refractivity contribution in [1.29, 1.82) is 0 Å². The molecule has 2 aliphatic carbocycles. The highest BCUT2D eigenvalue weighted by molar-refractivity contribution is 6.36. The van der Waals surface area contributed by atoms with Gasteiger partial charge < -0.3 is 9.84 Å². The summed E-state index contributed by atoms with van der Waals surface area (Å²) in [6.45, 7) is 5.42. The van der Waals surface area contributed by atoms with Gasteiger partial charge in [-0.25, -0.2) is 4.90 Å². The van der Waals surface area contributed by atoms with E-state index in [9.17, 15) is 19.5 Å². The Bertz CT molecular complexity index is 2300. The highest BCUT2D eigenvalue weighted by Gasteiger charge is 2.70. The van der Waals surface area contributed by atoms with Crippen molar-refractivity contribution >= 4 is 69.8 Å². The molecular weight excluding hydrogens is 749 g/mol. The van der Waals surface area contributed by atoms with E-state index in [1.54, 1.807) is 63.4 Å². The zero-order valence-corrected chi connectivity index (χ0v) is 32.1. The average Bonchev–Trinajstić information content (AvgIpc) is 3.53. The van der Waals surface area contributed by atoms with Gasteiger partial charge in [0.05, 0.1) is 46.7 Å². The standard InChI is InChI=1S/C42H36Cl3N3O6/c1-20-5-9-26(18-32(20)44)47-38(50)29-13-12-28-30(35(29)40(47)52)19-31-39(51)48(46-34-14-8-25(43)17-33(34)45)41(53)42(31,24-6-10-27(54-4)11-7-24)36(28)23-15-21(2)37(49)22(3)16-23/h5-12,14-18,29-31,35-36,46,49H,13,19H2,1-4H3/t29-,30+,31-,35-,36-,42+/m0/s1. The second-order valence-electron chi connectivity index (χ2n) is 14.7. The third-order valence-corrected chi connectivity index (χ3v) is 12.8. The molecule has 0 bridgehead atoms. The number of hydrogen-bond donors (Lipinski definition) is 2. The van der Waals surface area contributed by atoms with Crippen molar-refractivity contribution in [2.45, 2.75) is 44.9 Å². The molecule has 6 atom stereocenters. The lowest BCUT2D eigenvalue weighted by molar-refractivity contribution is -0.138. The fourth-order valence-electron chi connectivity index (χ4n) is 9.35. The van der Waals surface area contributed by atoms with Crippen LogP contribution in [-0.2, 0) is 24.6 Å². The molecule has 8 rings (SSSR count). The minimum atomic E-state index is -1.52. The Morgan fingerprint density at radius 2 is 1.50 bits per heavy atom. The van der Waals surface area contributed by atoms with Crippen LogP contribution in [0.1, 0.15) is 46.6 Å². The van der Waals surface area contributed by atoms with Crippen molar-refractivity contribution in [3.05, 3.63) is 127 Å². The summed E-state index contributed by atoms with van der Waals surface area (Å²) < 4.78 is 5.49. The van der Waals surface area contributed by atoms with Crippen molar-refractivity contribution in [1.82, 2.24) is 5.01 Å². The van der Waals surface area contributed by atoms with E-state index < -0.39 is 46.8 Å². The lowest BCUT2D eigenvalue weighted by atomic mass is 9.49. The maximum Gasteiger partial charge on any atom is 0.260 e. The topological polar surface area (TPSA) is 116 Å². The lowest BCUT2D eigenvalue weighted by Crippen LogP contribution is -2.53. The number of amides is 4. The van der Waals surface area contributed by atoms with Crippen LogP contribution >= 0.6 is 34.8 Å². The monoisotopic (exact) mass is 783 g/mol. The highest BCUT2D eigenvalue weighted by atomic mass is 35.5. The minimum Gasteiger partial charge on any atom is -0.507 e. The molecule has 276 valence electrons. The van der Waals surface area contributed by atoms with Gasteiger partial charge in [0, 0.05) is 16.0 Å². The van der Waals surface area contributed by atoms with Crippen LogP contribution in [-0.4, -0.2) is 40.9 Å². The number of halogens is 3. The van der Waals surface area contributed by atoms with Crippen LogP contribution in [0.25, 0.3) is 0 Å². The number of hydrogen-bond acceptors (Lipinski definition) is 7. The van der Waals surface area contributed by atoms with Gasteiger partial charge >= 0.3 is 0 Å². The van der Waals surface area contributed by atoms with E-state index in [4.69, 9.17) is 39.5 Å². The summed E-state index contributed by atoms with van der Waals surface area (Å²) in [6, 6.07) is 20.7. The highest BCUT2D eigenvalue weighted by Crippen LogP contribution is 2.64. The van der Waals surface area contributed by atoms with Crippen LogP contribution in [0.2, 0.25) is 15.1 Å². The SMILES string of the molecule is COc1ccc([C@@]23C(=O)N(Nc4ccc(Cl)cc4Cl)C(=O)[C@@H]2C[C@@H]2C(=CC[C@@H]4C(=O)N(c5ccc(C)c(Cl)c5)C(=O)[C@@H]42)[C@@H]3c2cc(C)c(O)c(C)c2)cc1. The molecule has 1 saturated carbocycles. The van der Waals surface area contributed by atoms with E-state index in [-0.39, 0.29) is 35.4 Å². The van der Waals surface area contributed by atoms with Gasteiger partial charge in [0.2, 0.25) is 11.8 Å². The number of aromatic hydroxyl groups is 1. The lowest BCUT2D eigenvalue weighted by Gasteiger charge is -2.50. The number of hydrazine groups is 1. The number of aryl methyl sites for hydroxylation is 3. The molecule has 0 unspecified atom stereocenters. The Balaban J connectivity index is 1.34. The van der Waals surface area contributed by atoms with Crippen molar-refractivity contribution in [3.8, 4) is 11.5 Å². The molecule has 2 N–H and O–H groups in total. The molecule has 9 nitrogen and oxygen atoms in total. The molecular formula is C42H36Cl3N3O6. The fraction of sp³-hybridized carbons (Fsp3) is 0.286. The summed E-state index contributed by atoms with van der Waals surface area (Å²) in [7, 11) is 1.55. The number of phenolic OH excluding ortho intramolecular Hbond substituents is 1. The molecule has 54 heavy (non-hydrogen) atoms. The van der Waals surface area contributed by atoms with Crippen molar-refractivity contribution in [2.24, 2.45) is 23.7 Å². The quantitative estimate of drug-likeness (QED) is 0.149. The Hall–Kier alpha value is -4.83. The zero-order chi connectivity index (χ0) is 38.4. The molecule has 0 spiro atoms. The first-order chi connectivity index (χ1) is 25.8. The fourth-order valence-corrected chi connectivity index (χ4v) is 9.98. The van der Waals surface area contributed by atoms with Crippen molar-refractivity contribution < 1.29 is 29.0 Å². The number of nitrogens with one attached hydrogen (secondary N) is 1. The van der Waals surface area contributed by atoms with E-state index in [0.717, 1.165) is 16.1 Å². The summed E-state index contributed by atoms with van der Waals surface area (Å²) in [5.41, 5.74) is 6.27. The summed E-state index contributed by atoms with van der Waals surface area (Å²) >= 11 is 19.2. The van der Waals surface area contributed by atoms with Gasteiger partial charge in [0.1, 0.15) is 11.5 Å². The van der Waals surface area contributed by atoms with Gasteiger partial charge in [0.15, 0.2) is 0 Å². The Morgan fingerprint density at radius 3 is 2.15 bits per heavy atom. The number of allylic oxidation sites excluding steroid dienone is 2. The van der Waals surface area contributed by atoms with Gasteiger partial charge in [0.25, 0.3) is 11.8 Å². The molecule has 4 amide bonds. The summed E-state index contributed by atoms with van der Waals surface area (Å²) in [5, 5.41) is 13.0. The predicted octanol–water partition coefficient (Wildman–Crippen LogP) is 8.48. The van der Waals surface area contributed by atoms with E-state index in [0.29, 0.717) is 49.4 Å². The Morgan fingerprint density at radius 1 is 0.796 bits per heavy atom. The zero-order valence-electron chi connectivity index (χ0n) is 29.8. The summed E-state index contributed by atoms with van der Waals surface area (Å²) in [5.74, 6) is -4.79. The molecule has 4 aromatic carbocycles. The van der Waals surface area contributed by atoms with Gasteiger partial charge in [-0.15, -0.1) is 0 Å². The van der Waals surface area contributed by atoms with E-state index in [1.807, 2.05) is 37.3 Å². The first kappa shape index (κ1) is 36.2. The van der Waals surface area contributed by atoms with Crippen molar-refractivity contribution in [3.63, 3.8) is 0 Å². The normalized spacial score (nSPS) is 26.1. The predicted molar refractivity (Wildman–Crippen MR) is 207 cm³/mol. The molecule has 12 heteroatoms. The number of benzene rings is 4. The average molecular weight is 785 g/mol. The van der Waals surface area contributed by atoms with E-state index >= 15 is 4.79 Å². The molecule has 4 aromatic rings. The van der Waals surface area contributed by atoms with Crippen molar-refractivity contribution in [2.75, 3.05) is 17.4 Å². The summed E-state index contributed by atoms with van der Waals surface area (Å²) in [4.78, 5) is 60.4. The number of nitrogens with zero attached hydrogens (tertiary/aromatic N) is 2. The number of ether oxygens (including phenoxy) is 1. The van der Waals surface area contributed by atoms with E-state index in [2.05, 4.69) is 5.43 Å². The van der Waals surface area contributed by atoms with Crippen LogP contribution < -0.4 is 15.1 Å². The van der Waals surface area contributed by atoms with Crippen LogP contribution in [0.3, 0.4) is 0 Å². The third-order valence-electron chi connectivity index (χ3n) is 11.8. The number of carbonyl (C=O) groups excluding carboxylic acids is 4. The maximum absolute atomic E-state index is 15.5. The Labute approximate surface area is 327 Å². The Kier molecular flexibility index (Phi) is 8.83. The number of rotatable bonds is 6. The minimum absolute atomic E-state index is 0.115. The number of carbonyl (C=O) groups is 4. The first-order valence-corrected chi connectivity index (χ1v) is 18.8. The molecule has 2 aliphatic heterocycles. The number of phenols is 1. The second-order valence-corrected chi connectivity index (χ2v) is 15.9. The molecule has 0 radical (unpaired) electrons. The molecule has 2 saturated heterocycles.